The van der Waals surface area contributed by atoms with Gasteiger partial charge in [0.2, 0.25) is 6.79 Å². The van der Waals surface area contributed by atoms with Crippen molar-refractivity contribution in [3.63, 3.8) is 0 Å². The van der Waals surface area contributed by atoms with Crippen LogP contribution < -0.4 is 15.2 Å². The van der Waals surface area contributed by atoms with E-state index in [1.807, 2.05) is 13.0 Å². The fourth-order valence-electron chi connectivity index (χ4n) is 2.23. The van der Waals surface area contributed by atoms with Gasteiger partial charge in [-0.2, -0.15) is 0 Å². The van der Waals surface area contributed by atoms with Gasteiger partial charge in [-0.1, -0.05) is 0 Å². The predicted molar refractivity (Wildman–Crippen MR) is 76.1 cm³/mol. The fraction of sp³-hybridized carbons (Fsp3) is 0.267. The Morgan fingerprint density at radius 2 is 2.10 bits per heavy atom. The molecule has 0 spiro atoms. The number of nitrogen functional groups attached to an aromatic ring is 1. The molecule has 0 aliphatic carbocycles. The fourth-order valence-corrected chi connectivity index (χ4v) is 2.23. The molecule has 0 radical (unpaired) electrons. The second-order valence-corrected chi connectivity index (χ2v) is 4.69. The summed E-state index contributed by atoms with van der Waals surface area (Å²) >= 11 is 0. The first kappa shape index (κ1) is 13.4. The zero-order valence-electron chi connectivity index (χ0n) is 11.7. The number of hydrogen-bond donors (Lipinski definition) is 1. The van der Waals surface area contributed by atoms with Gasteiger partial charge in [-0.15, -0.1) is 0 Å². The monoisotopic (exact) mass is 288 g/mol. The number of rotatable bonds is 4. The maximum atomic E-state index is 12.6. The highest BCUT2D eigenvalue weighted by Gasteiger charge is 2.23. The van der Waals surface area contributed by atoms with Gasteiger partial charge in [-0.3, -0.25) is 4.79 Å². The minimum atomic E-state index is -0.162. The Morgan fingerprint density at radius 1 is 1.33 bits per heavy atom. The summed E-state index contributed by atoms with van der Waals surface area (Å²) in [5.41, 5.74) is 6.74. The molecule has 21 heavy (non-hydrogen) atoms. The van der Waals surface area contributed by atoms with Crippen molar-refractivity contribution in [1.82, 2.24) is 4.90 Å². The highest BCUT2D eigenvalue weighted by Crippen LogP contribution is 2.36. The molecule has 2 aromatic rings. The Labute approximate surface area is 122 Å². The molecule has 0 fully saturated rings. The summed E-state index contributed by atoms with van der Waals surface area (Å²) in [7, 11) is 0. The molecule has 1 aromatic carbocycles. The van der Waals surface area contributed by atoms with Crippen LogP contribution in [-0.2, 0) is 6.54 Å². The number of carbonyl (C=O) groups excluding carboxylic acids is 1. The lowest BCUT2D eigenvalue weighted by Crippen LogP contribution is -2.30. The highest BCUT2D eigenvalue weighted by molar-refractivity contribution is 6.00. The van der Waals surface area contributed by atoms with Crippen molar-refractivity contribution >= 4 is 11.6 Å². The van der Waals surface area contributed by atoms with E-state index in [-0.39, 0.29) is 12.7 Å². The van der Waals surface area contributed by atoms with Crippen LogP contribution in [-0.4, -0.2) is 24.1 Å². The number of hydrogen-bond acceptors (Lipinski definition) is 5. The van der Waals surface area contributed by atoms with Crippen molar-refractivity contribution in [1.29, 1.82) is 0 Å². The third kappa shape index (κ3) is 2.52. The lowest BCUT2D eigenvalue weighted by atomic mass is 10.1. The van der Waals surface area contributed by atoms with E-state index < -0.39 is 0 Å². The summed E-state index contributed by atoms with van der Waals surface area (Å²) < 4.78 is 15.8. The number of amides is 1. The molecule has 6 heteroatoms. The minimum Gasteiger partial charge on any atom is -0.467 e. The number of anilines is 1. The molecular weight excluding hydrogens is 272 g/mol. The molecule has 1 aliphatic rings. The molecule has 0 saturated heterocycles. The van der Waals surface area contributed by atoms with Gasteiger partial charge in [0.1, 0.15) is 5.76 Å². The number of nitrogens with two attached hydrogens (primary N) is 1. The first-order chi connectivity index (χ1) is 10.2. The number of benzene rings is 1. The number of carbonyl (C=O) groups is 1. The van der Waals surface area contributed by atoms with Gasteiger partial charge in [0.05, 0.1) is 18.4 Å². The average Bonchev–Trinajstić information content (AvgIpc) is 3.14. The van der Waals surface area contributed by atoms with Crippen LogP contribution in [0, 0.1) is 0 Å². The molecule has 6 nitrogen and oxygen atoms in total. The maximum absolute atomic E-state index is 12.6. The molecule has 1 amide bonds. The Bertz CT molecular complexity index is 652. The summed E-state index contributed by atoms with van der Waals surface area (Å²) in [5, 5.41) is 0. The van der Waals surface area contributed by atoms with Crippen LogP contribution >= 0.6 is 0 Å². The van der Waals surface area contributed by atoms with Crippen LogP contribution in [0.25, 0.3) is 0 Å². The summed E-state index contributed by atoms with van der Waals surface area (Å²) in [6.45, 7) is 3.00. The van der Waals surface area contributed by atoms with E-state index in [1.165, 1.54) is 0 Å². The molecule has 0 atom stereocenters. The summed E-state index contributed by atoms with van der Waals surface area (Å²) in [6, 6.07) is 6.88. The Morgan fingerprint density at radius 3 is 2.76 bits per heavy atom. The van der Waals surface area contributed by atoms with E-state index >= 15 is 0 Å². The normalized spacial score (nSPS) is 12.4. The average molecular weight is 288 g/mol. The molecular formula is C15H16N2O4. The Balaban J connectivity index is 1.86. The second kappa shape index (κ2) is 5.40. The maximum Gasteiger partial charge on any atom is 0.256 e. The van der Waals surface area contributed by atoms with Crippen LogP contribution in [0.3, 0.4) is 0 Å². The van der Waals surface area contributed by atoms with Crippen molar-refractivity contribution in [2.24, 2.45) is 0 Å². The van der Waals surface area contributed by atoms with Crippen LogP contribution in [0.4, 0.5) is 5.69 Å². The first-order valence-electron chi connectivity index (χ1n) is 6.69. The largest absolute Gasteiger partial charge is 0.467 e. The molecule has 0 bridgehead atoms. The molecule has 3 rings (SSSR count). The van der Waals surface area contributed by atoms with Crippen molar-refractivity contribution in [2.75, 3.05) is 19.1 Å². The standard InChI is InChI=1S/C15H16N2O4/c1-2-17(8-10-4-3-5-19-10)15(18)11-6-13-14(7-12(11)16)21-9-20-13/h3-7H,2,8-9,16H2,1H3. The summed E-state index contributed by atoms with van der Waals surface area (Å²) in [5.74, 6) is 1.67. The molecule has 2 heterocycles. The third-order valence-corrected chi connectivity index (χ3v) is 3.37. The van der Waals surface area contributed by atoms with Crippen LogP contribution in [0.2, 0.25) is 0 Å². The topological polar surface area (TPSA) is 77.9 Å². The minimum absolute atomic E-state index is 0.149. The van der Waals surface area contributed by atoms with Crippen LogP contribution in [0.15, 0.2) is 34.9 Å². The zero-order valence-corrected chi connectivity index (χ0v) is 11.7. The predicted octanol–water partition coefficient (Wildman–Crippen LogP) is 2.25. The van der Waals surface area contributed by atoms with E-state index in [1.54, 1.807) is 29.4 Å². The number of fused-ring (bicyclic) bond motifs is 1. The third-order valence-electron chi connectivity index (χ3n) is 3.37. The van der Waals surface area contributed by atoms with Gasteiger partial charge >= 0.3 is 0 Å². The number of ether oxygens (including phenoxy) is 2. The Kier molecular flexibility index (Phi) is 3.43. The molecule has 1 aliphatic heterocycles. The number of nitrogens with zero attached hydrogens (tertiary/aromatic N) is 1. The quantitative estimate of drug-likeness (QED) is 0.873. The molecule has 2 N–H and O–H groups in total. The SMILES string of the molecule is CCN(Cc1ccco1)C(=O)c1cc2c(cc1N)OCO2. The van der Waals surface area contributed by atoms with E-state index in [0.717, 1.165) is 5.76 Å². The van der Waals surface area contributed by atoms with Crippen LogP contribution in [0.5, 0.6) is 11.5 Å². The summed E-state index contributed by atoms with van der Waals surface area (Å²) in [4.78, 5) is 14.3. The van der Waals surface area contributed by atoms with E-state index in [0.29, 0.717) is 35.8 Å². The molecule has 110 valence electrons. The van der Waals surface area contributed by atoms with Crippen LogP contribution in [0.1, 0.15) is 23.0 Å². The van der Waals surface area contributed by atoms with Crippen molar-refractivity contribution < 1.29 is 18.7 Å². The molecule has 1 aromatic heterocycles. The van der Waals surface area contributed by atoms with Gasteiger partial charge < -0.3 is 24.5 Å². The number of furan rings is 1. The van der Waals surface area contributed by atoms with Gasteiger partial charge in [-0.25, -0.2) is 0 Å². The van der Waals surface area contributed by atoms with Crippen molar-refractivity contribution in [2.45, 2.75) is 13.5 Å². The lowest BCUT2D eigenvalue weighted by Gasteiger charge is -2.20. The van der Waals surface area contributed by atoms with E-state index in [4.69, 9.17) is 19.6 Å². The summed E-state index contributed by atoms with van der Waals surface area (Å²) in [6.07, 6.45) is 1.59. The van der Waals surface area contributed by atoms with Crippen molar-refractivity contribution in [3.8, 4) is 11.5 Å². The highest BCUT2D eigenvalue weighted by atomic mass is 16.7. The molecule has 0 saturated carbocycles. The van der Waals surface area contributed by atoms with Gasteiger partial charge in [0, 0.05) is 18.3 Å². The second-order valence-electron chi connectivity index (χ2n) is 4.69. The van der Waals surface area contributed by atoms with E-state index in [9.17, 15) is 4.79 Å². The lowest BCUT2D eigenvalue weighted by molar-refractivity contribution is 0.0742. The zero-order chi connectivity index (χ0) is 14.8. The van der Waals surface area contributed by atoms with Gasteiger partial charge in [-0.05, 0) is 25.1 Å². The van der Waals surface area contributed by atoms with Gasteiger partial charge in [0.25, 0.3) is 5.91 Å². The van der Waals surface area contributed by atoms with Gasteiger partial charge in [0.15, 0.2) is 11.5 Å². The Hall–Kier alpha value is -2.63. The smallest absolute Gasteiger partial charge is 0.256 e. The van der Waals surface area contributed by atoms with E-state index in [2.05, 4.69) is 0 Å². The molecule has 0 unspecified atom stereocenters. The first-order valence-corrected chi connectivity index (χ1v) is 6.69. The van der Waals surface area contributed by atoms with Crippen molar-refractivity contribution in [3.05, 3.63) is 41.9 Å².